The lowest BCUT2D eigenvalue weighted by molar-refractivity contribution is -0.133. The van der Waals surface area contributed by atoms with E-state index < -0.39 is 10.0 Å². The number of hydrogen-bond donors (Lipinski definition) is 1. The summed E-state index contributed by atoms with van der Waals surface area (Å²) in [5, 5.41) is 4.85. The first-order chi connectivity index (χ1) is 12.9. The Morgan fingerprint density at radius 3 is 2.74 bits per heavy atom. The van der Waals surface area contributed by atoms with Gasteiger partial charge in [0.2, 0.25) is 21.8 Å². The Bertz CT molecular complexity index is 764. The molecule has 2 fully saturated rings. The fourth-order valence-corrected chi connectivity index (χ4v) is 5.89. The number of amides is 2. The van der Waals surface area contributed by atoms with Crippen LogP contribution in [0.1, 0.15) is 30.6 Å². The van der Waals surface area contributed by atoms with E-state index in [1.165, 1.54) is 21.9 Å². The number of sulfonamides is 1. The maximum absolute atomic E-state index is 12.7. The monoisotopic (exact) mass is 413 g/mol. The van der Waals surface area contributed by atoms with Crippen molar-refractivity contribution in [3.63, 3.8) is 0 Å². The number of carbonyl (C=O) groups is 2. The van der Waals surface area contributed by atoms with E-state index in [2.05, 4.69) is 5.32 Å². The molecule has 1 aromatic rings. The normalized spacial score (nSPS) is 25.5. The van der Waals surface area contributed by atoms with Crippen LogP contribution in [0, 0.1) is 5.92 Å². The van der Waals surface area contributed by atoms with Gasteiger partial charge >= 0.3 is 0 Å². The van der Waals surface area contributed by atoms with Crippen LogP contribution in [-0.4, -0.2) is 67.9 Å². The van der Waals surface area contributed by atoms with E-state index in [1.807, 2.05) is 17.5 Å². The Morgan fingerprint density at radius 1 is 1.26 bits per heavy atom. The third-order valence-corrected chi connectivity index (χ3v) is 7.57. The Balaban J connectivity index is 1.79. The van der Waals surface area contributed by atoms with Crippen molar-refractivity contribution in [2.24, 2.45) is 5.92 Å². The maximum Gasteiger partial charge on any atom is 0.227 e. The second-order valence-corrected chi connectivity index (χ2v) is 10.2. The summed E-state index contributed by atoms with van der Waals surface area (Å²) in [6.45, 7) is 1.38. The molecule has 1 aliphatic heterocycles. The molecule has 2 amide bonds. The van der Waals surface area contributed by atoms with Gasteiger partial charge in [0.1, 0.15) is 0 Å². The fraction of sp³-hybridized carbons (Fsp3) is 0.667. The van der Waals surface area contributed by atoms with Crippen molar-refractivity contribution in [2.45, 2.75) is 38.1 Å². The van der Waals surface area contributed by atoms with Gasteiger partial charge in [-0.05, 0) is 24.3 Å². The molecule has 1 saturated heterocycles. The van der Waals surface area contributed by atoms with Crippen LogP contribution in [0.5, 0.6) is 0 Å². The Labute approximate surface area is 164 Å². The number of nitrogens with zero attached hydrogens (tertiary/aromatic N) is 2. The number of thiophene rings is 1. The summed E-state index contributed by atoms with van der Waals surface area (Å²) in [4.78, 5) is 28.0. The zero-order valence-corrected chi connectivity index (χ0v) is 17.2. The first-order valence-electron chi connectivity index (χ1n) is 9.41. The van der Waals surface area contributed by atoms with Crippen LogP contribution in [0.3, 0.4) is 0 Å². The van der Waals surface area contributed by atoms with Crippen molar-refractivity contribution in [3.8, 4) is 0 Å². The largest absolute Gasteiger partial charge is 0.354 e. The zero-order chi connectivity index (χ0) is 19.4. The summed E-state index contributed by atoms with van der Waals surface area (Å²) in [5.74, 6) is -0.441. The van der Waals surface area contributed by atoms with Gasteiger partial charge in [0.15, 0.2) is 0 Å². The van der Waals surface area contributed by atoms with Gasteiger partial charge in [0.05, 0.1) is 18.6 Å². The fourth-order valence-electron chi connectivity index (χ4n) is 4.04. The third kappa shape index (κ3) is 5.08. The smallest absolute Gasteiger partial charge is 0.227 e. The lowest BCUT2D eigenvalue weighted by atomic mass is 9.83. The van der Waals surface area contributed by atoms with Crippen molar-refractivity contribution < 1.29 is 18.0 Å². The molecule has 1 saturated carbocycles. The lowest BCUT2D eigenvalue weighted by Crippen LogP contribution is -2.55. The number of carbonyl (C=O) groups excluding carboxylic acids is 2. The molecule has 0 spiro atoms. The van der Waals surface area contributed by atoms with Gasteiger partial charge in [0, 0.05) is 37.1 Å². The number of hydrogen-bond acceptors (Lipinski definition) is 5. The Hall–Kier alpha value is -1.45. The molecular formula is C18H27N3O4S2. The predicted molar refractivity (Wildman–Crippen MR) is 105 cm³/mol. The molecule has 2 heterocycles. The summed E-state index contributed by atoms with van der Waals surface area (Å²) in [5.41, 5.74) is 0. The molecule has 0 unspecified atom stereocenters. The van der Waals surface area contributed by atoms with Crippen molar-refractivity contribution in [1.82, 2.24) is 14.5 Å². The zero-order valence-electron chi connectivity index (χ0n) is 15.6. The summed E-state index contributed by atoms with van der Waals surface area (Å²) in [6, 6.07) is 3.51. The highest BCUT2D eigenvalue weighted by atomic mass is 32.2. The standard InChI is InChI=1S/C18H27N3O4S2/c1-27(24,25)21-11-10-20(17(22)13-14-5-4-12-26-14)9-8-19-18(23)15-6-2-3-7-16(15)21/h4-5,12,15-16H,2-3,6-11,13H2,1H3,(H,19,23)/t15-,16+/m0/s1. The molecule has 1 aromatic heterocycles. The minimum atomic E-state index is -3.47. The van der Waals surface area contributed by atoms with Crippen LogP contribution in [0.2, 0.25) is 0 Å². The first-order valence-corrected chi connectivity index (χ1v) is 12.1. The van der Waals surface area contributed by atoms with E-state index in [0.717, 1.165) is 17.7 Å². The Kier molecular flexibility index (Phi) is 6.54. The van der Waals surface area contributed by atoms with E-state index in [-0.39, 0.29) is 30.3 Å². The number of fused-ring (bicyclic) bond motifs is 1. The van der Waals surface area contributed by atoms with Gasteiger partial charge in [-0.2, -0.15) is 4.31 Å². The van der Waals surface area contributed by atoms with Crippen LogP contribution in [-0.2, 0) is 26.0 Å². The molecule has 9 heteroatoms. The lowest BCUT2D eigenvalue weighted by Gasteiger charge is -2.39. The predicted octanol–water partition coefficient (Wildman–Crippen LogP) is 1.07. The molecular weight excluding hydrogens is 386 g/mol. The third-order valence-electron chi connectivity index (χ3n) is 5.39. The maximum atomic E-state index is 12.7. The van der Waals surface area contributed by atoms with Crippen LogP contribution >= 0.6 is 11.3 Å². The highest BCUT2D eigenvalue weighted by Gasteiger charge is 2.39. The van der Waals surface area contributed by atoms with Gasteiger partial charge < -0.3 is 10.2 Å². The molecule has 150 valence electrons. The van der Waals surface area contributed by atoms with E-state index in [1.54, 1.807) is 4.90 Å². The van der Waals surface area contributed by atoms with Crippen LogP contribution in [0.4, 0.5) is 0 Å². The highest BCUT2D eigenvalue weighted by molar-refractivity contribution is 7.88. The summed E-state index contributed by atoms with van der Waals surface area (Å²) in [6.07, 6.45) is 4.76. The van der Waals surface area contributed by atoms with Crippen molar-refractivity contribution in [2.75, 3.05) is 32.4 Å². The number of nitrogens with one attached hydrogen (secondary N) is 1. The summed E-state index contributed by atoms with van der Waals surface area (Å²) < 4.78 is 26.3. The van der Waals surface area contributed by atoms with Crippen molar-refractivity contribution in [1.29, 1.82) is 0 Å². The molecule has 1 N–H and O–H groups in total. The number of rotatable bonds is 3. The minimum Gasteiger partial charge on any atom is -0.354 e. The van der Waals surface area contributed by atoms with Gasteiger partial charge in [0.25, 0.3) is 0 Å². The van der Waals surface area contributed by atoms with Crippen LogP contribution < -0.4 is 5.32 Å². The molecule has 2 aliphatic rings. The molecule has 0 aromatic carbocycles. The van der Waals surface area contributed by atoms with Crippen LogP contribution in [0.15, 0.2) is 17.5 Å². The minimum absolute atomic E-state index is 0.0408. The average molecular weight is 414 g/mol. The van der Waals surface area contributed by atoms with Crippen LogP contribution in [0.25, 0.3) is 0 Å². The van der Waals surface area contributed by atoms with E-state index in [9.17, 15) is 18.0 Å². The van der Waals surface area contributed by atoms with E-state index in [0.29, 0.717) is 38.9 Å². The summed E-state index contributed by atoms with van der Waals surface area (Å²) >= 11 is 1.53. The van der Waals surface area contributed by atoms with Gasteiger partial charge in [-0.25, -0.2) is 8.42 Å². The van der Waals surface area contributed by atoms with Gasteiger partial charge in [-0.15, -0.1) is 11.3 Å². The highest BCUT2D eigenvalue weighted by Crippen LogP contribution is 2.30. The molecule has 3 rings (SSSR count). The van der Waals surface area contributed by atoms with Gasteiger partial charge in [-0.1, -0.05) is 18.9 Å². The molecule has 7 nitrogen and oxygen atoms in total. The Morgan fingerprint density at radius 2 is 2.04 bits per heavy atom. The molecule has 0 bridgehead atoms. The van der Waals surface area contributed by atoms with Crippen molar-refractivity contribution >= 4 is 33.2 Å². The molecule has 2 atom stereocenters. The first kappa shape index (κ1) is 20.3. The van der Waals surface area contributed by atoms with Crippen molar-refractivity contribution in [3.05, 3.63) is 22.4 Å². The SMILES string of the molecule is CS(=O)(=O)N1CCN(C(=O)Cc2cccs2)CCNC(=O)[C@H]2CCCC[C@H]21. The second-order valence-electron chi connectivity index (χ2n) is 7.26. The molecule has 0 radical (unpaired) electrons. The van der Waals surface area contributed by atoms with E-state index in [4.69, 9.17) is 0 Å². The molecule has 1 aliphatic carbocycles. The van der Waals surface area contributed by atoms with E-state index >= 15 is 0 Å². The van der Waals surface area contributed by atoms with Gasteiger partial charge in [-0.3, -0.25) is 9.59 Å². The average Bonchev–Trinajstić information content (AvgIpc) is 3.12. The molecule has 27 heavy (non-hydrogen) atoms. The second kappa shape index (κ2) is 8.70. The topological polar surface area (TPSA) is 86.8 Å². The quantitative estimate of drug-likeness (QED) is 0.803. The summed E-state index contributed by atoms with van der Waals surface area (Å²) in [7, 11) is -3.47.